The zero-order chi connectivity index (χ0) is 9.56. The highest BCUT2D eigenvalue weighted by molar-refractivity contribution is 7.80. The van der Waals surface area contributed by atoms with Crippen LogP contribution in [0.1, 0.15) is 13.8 Å². The van der Waals surface area contributed by atoms with E-state index >= 15 is 0 Å². The van der Waals surface area contributed by atoms with Crippen molar-refractivity contribution in [2.75, 3.05) is 25.9 Å². The van der Waals surface area contributed by atoms with Gasteiger partial charge in [0.25, 0.3) is 0 Å². The van der Waals surface area contributed by atoms with Crippen LogP contribution in [0, 0.1) is 0 Å². The van der Waals surface area contributed by atoms with E-state index in [-0.39, 0.29) is 11.9 Å². The Labute approximate surface area is 79.9 Å². The highest BCUT2D eigenvalue weighted by Gasteiger charge is 2.09. The molecule has 0 aliphatic heterocycles. The van der Waals surface area contributed by atoms with Crippen LogP contribution < -0.4 is 5.32 Å². The molecule has 0 aliphatic carbocycles. The van der Waals surface area contributed by atoms with Gasteiger partial charge in [0.2, 0.25) is 5.91 Å². The van der Waals surface area contributed by atoms with Gasteiger partial charge in [0.15, 0.2) is 0 Å². The number of nitrogens with zero attached hydrogens (tertiary/aromatic N) is 1. The number of rotatable bonds is 5. The summed E-state index contributed by atoms with van der Waals surface area (Å²) < 4.78 is 0. The number of hydrogen-bond acceptors (Lipinski definition) is 3. The Bertz CT molecular complexity index is 139. The second-order valence-electron chi connectivity index (χ2n) is 3.00. The van der Waals surface area contributed by atoms with Crippen LogP contribution in [0.2, 0.25) is 0 Å². The van der Waals surface area contributed by atoms with E-state index < -0.39 is 0 Å². The van der Waals surface area contributed by atoms with Crippen molar-refractivity contribution >= 4 is 18.5 Å². The lowest BCUT2D eigenvalue weighted by atomic mass is 10.3. The summed E-state index contributed by atoms with van der Waals surface area (Å²) in [5, 5.41) is 3.00. The van der Waals surface area contributed by atoms with Gasteiger partial charge >= 0.3 is 0 Å². The van der Waals surface area contributed by atoms with Gasteiger partial charge in [-0.15, -0.1) is 0 Å². The van der Waals surface area contributed by atoms with Gasteiger partial charge < -0.3 is 10.2 Å². The average Bonchev–Trinajstić information content (AvgIpc) is 2.03. The minimum Gasteiger partial charge on any atom is -0.342 e. The van der Waals surface area contributed by atoms with Crippen LogP contribution in [-0.4, -0.2) is 42.7 Å². The Balaban J connectivity index is 3.57. The van der Waals surface area contributed by atoms with Crippen molar-refractivity contribution in [3.63, 3.8) is 0 Å². The van der Waals surface area contributed by atoms with E-state index in [1.165, 1.54) is 0 Å². The fourth-order valence-electron chi connectivity index (χ4n) is 0.687. The quantitative estimate of drug-likeness (QED) is 0.485. The summed E-state index contributed by atoms with van der Waals surface area (Å²) in [7, 11) is 1.81. The molecule has 0 aromatic heterocycles. The molecule has 0 heterocycles. The van der Waals surface area contributed by atoms with Crippen molar-refractivity contribution < 1.29 is 4.79 Å². The van der Waals surface area contributed by atoms with Gasteiger partial charge in [0, 0.05) is 25.4 Å². The molecular formula is C8H18N2OS. The number of nitrogens with one attached hydrogen (secondary N) is 1. The fourth-order valence-corrected chi connectivity index (χ4v) is 0.845. The van der Waals surface area contributed by atoms with Crippen molar-refractivity contribution in [2.24, 2.45) is 0 Å². The minimum atomic E-state index is 0.131. The molecule has 0 radical (unpaired) electrons. The number of carbonyl (C=O) groups is 1. The van der Waals surface area contributed by atoms with Crippen LogP contribution in [0.25, 0.3) is 0 Å². The molecule has 0 rings (SSSR count). The zero-order valence-electron chi connectivity index (χ0n) is 8.00. The number of amides is 1. The van der Waals surface area contributed by atoms with Crippen LogP contribution in [0.15, 0.2) is 0 Å². The molecule has 0 bridgehead atoms. The number of hydrogen-bond donors (Lipinski definition) is 2. The number of likely N-dealkylation sites (N-methyl/N-ethyl adjacent to an activating group) is 1. The molecule has 3 nitrogen and oxygen atoms in total. The largest absolute Gasteiger partial charge is 0.342 e. The summed E-state index contributed by atoms with van der Waals surface area (Å²) in [6.45, 7) is 5.18. The lowest BCUT2D eigenvalue weighted by Crippen LogP contribution is -2.39. The van der Waals surface area contributed by atoms with E-state index in [9.17, 15) is 4.79 Å². The second kappa shape index (κ2) is 6.31. The Morgan fingerprint density at radius 1 is 1.58 bits per heavy atom. The maximum Gasteiger partial charge on any atom is 0.236 e. The topological polar surface area (TPSA) is 32.3 Å². The van der Waals surface area contributed by atoms with Crippen LogP contribution in [0.4, 0.5) is 0 Å². The number of carbonyl (C=O) groups excluding carboxylic acids is 1. The van der Waals surface area contributed by atoms with E-state index in [1.54, 1.807) is 4.90 Å². The predicted molar refractivity (Wildman–Crippen MR) is 54.6 cm³/mol. The van der Waals surface area contributed by atoms with Gasteiger partial charge in [0.05, 0.1) is 6.54 Å². The molecule has 1 amide bonds. The average molecular weight is 190 g/mol. The lowest BCUT2D eigenvalue weighted by molar-refractivity contribution is -0.130. The summed E-state index contributed by atoms with van der Waals surface area (Å²) >= 11 is 4.03. The Morgan fingerprint density at radius 2 is 2.17 bits per heavy atom. The third-order valence-electron chi connectivity index (χ3n) is 1.73. The lowest BCUT2D eigenvalue weighted by Gasteiger charge is -2.21. The van der Waals surface area contributed by atoms with Gasteiger partial charge in [-0.2, -0.15) is 12.6 Å². The molecule has 72 valence electrons. The van der Waals surface area contributed by atoms with Gasteiger partial charge in [-0.3, -0.25) is 4.79 Å². The van der Waals surface area contributed by atoms with E-state index in [0.717, 1.165) is 12.3 Å². The summed E-state index contributed by atoms with van der Waals surface area (Å²) in [5.41, 5.74) is 0. The summed E-state index contributed by atoms with van der Waals surface area (Å²) in [4.78, 5) is 13.0. The van der Waals surface area contributed by atoms with Crippen molar-refractivity contribution in [1.29, 1.82) is 0 Å². The molecule has 0 spiro atoms. The standard InChI is InChI=1S/C8H18N2OS/c1-7(2)10(3)8(11)6-9-4-5-12/h7,9,12H,4-6H2,1-3H3. The van der Waals surface area contributed by atoms with Crippen molar-refractivity contribution in [1.82, 2.24) is 10.2 Å². The molecule has 4 heteroatoms. The summed E-state index contributed by atoms with van der Waals surface area (Å²) in [6.07, 6.45) is 0. The zero-order valence-corrected chi connectivity index (χ0v) is 8.90. The monoisotopic (exact) mass is 190 g/mol. The van der Waals surface area contributed by atoms with E-state index in [2.05, 4.69) is 17.9 Å². The first-order valence-electron chi connectivity index (χ1n) is 4.16. The third-order valence-corrected chi connectivity index (χ3v) is 1.96. The van der Waals surface area contributed by atoms with Crippen molar-refractivity contribution in [3.8, 4) is 0 Å². The molecule has 0 saturated heterocycles. The first kappa shape index (κ1) is 11.8. The second-order valence-corrected chi connectivity index (χ2v) is 3.45. The molecule has 1 N–H and O–H groups in total. The molecule has 0 unspecified atom stereocenters. The van der Waals surface area contributed by atoms with E-state index in [4.69, 9.17) is 0 Å². The van der Waals surface area contributed by atoms with E-state index in [0.29, 0.717) is 6.54 Å². The van der Waals surface area contributed by atoms with E-state index in [1.807, 2.05) is 20.9 Å². The van der Waals surface area contributed by atoms with Crippen LogP contribution in [-0.2, 0) is 4.79 Å². The minimum absolute atomic E-state index is 0.131. The van der Waals surface area contributed by atoms with Crippen molar-refractivity contribution in [3.05, 3.63) is 0 Å². The SMILES string of the molecule is CC(C)N(C)C(=O)CNCCS. The molecule has 0 aromatic rings. The molecule has 12 heavy (non-hydrogen) atoms. The highest BCUT2D eigenvalue weighted by atomic mass is 32.1. The van der Waals surface area contributed by atoms with Gasteiger partial charge in [-0.1, -0.05) is 0 Å². The van der Waals surface area contributed by atoms with Crippen LogP contribution in [0.5, 0.6) is 0 Å². The fraction of sp³-hybridized carbons (Fsp3) is 0.875. The number of thiol groups is 1. The summed E-state index contributed by atoms with van der Waals surface area (Å²) in [5.74, 6) is 0.894. The van der Waals surface area contributed by atoms with Gasteiger partial charge in [-0.05, 0) is 13.8 Å². The highest BCUT2D eigenvalue weighted by Crippen LogP contribution is 1.92. The molecule has 0 aliphatic rings. The first-order chi connectivity index (χ1) is 5.59. The first-order valence-corrected chi connectivity index (χ1v) is 4.80. The van der Waals surface area contributed by atoms with Gasteiger partial charge in [-0.25, -0.2) is 0 Å². The van der Waals surface area contributed by atoms with Crippen LogP contribution >= 0.6 is 12.6 Å². The molecule has 0 atom stereocenters. The van der Waals surface area contributed by atoms with Crippen molar-refractivity contribution in [2.45, 2.75) is 19.9 Å². The summed E-state index contributed by atoms with van der Waals surface area (Å²) in [6, 6.07) is 0.273. The maximum atomic E-state index is 11.3. The van der Waals surface area contributed by atoms with Crippen LogP contribution in [0.3, 0.4) is 0 Å². The van der Waals surface area contributed by atoms with Gasteiger partial charge in [0.1, 0.15) is 0 Å². The molecule has 0 saturated carbocycles. The Hall–Kier alpha value is -0.220. The molecule has 0 fully saturated rings. The predicted octanol–water partition coefficient (Wildman–Crippen LogP) is 0.373. The maximum absolute atomic E-state index is 11.3. The normalized spacial score (nSPS) is 10.4. The Morgan fingerprint density at radius 3 is 2.58 bits per heavy atom. The third kappa shape index (κ3) is 4.62. The smallest absolute Gasteiger partial charge is 0.236 e. The molecular weight excluding hydrogens is 172 g/mol. The molecule has 0 aromatic carbocycles. The Kier molecular flexibility index (Phi) is 6.20.